The molecule has 0 saturated carbocycles. The minimum Gasteiger partial charge on any atom is -0.370 e. The van der Waals surface area contributed by atoms with Gasteiger partial charge in [-0.25, -0.2) is 0 Å². The molecule has 0 saturated heterocycles. The van der Waals surface area contributed by atoms with E-state index in [1.807, 2.05) is 18.4 Å². The van der Waals surface area contributed by atoms with Crippen molar-refractivity contribution in [2.75, 3.05) is 20.2 Å². The summed E-state index contributed by atoms with van der Waals surface area (Å²) in [5.74, 6) is 0.384. The molecule has 2 aromatic rings. The van der Waals surface area contributed by atoms with Crippen LogP contribution in [-0.4, -0.2) is 20.2 Å². The molecule has 0 aliphatic carbocycles. The second-order valence-electron chi connectivity index (χ2n) is 5.09. The maximum Gasteiger partial charge on any atom is 0.104 e. The first-order valence-electron chi connectivity index (χ1n) is 6.69. The first kappa shape index (κ1) is 12.9. The summed E-state index contributed by atoms with van der Waals surface area (Å²) in [4.78, 5) is 1.38. The van der Waals surface area contributed by atoms with Gasteiger partial charge in [0, 0.05) is 17.3 Å². The minimum absolute atomic E-state index is 0.209. The Morgan fingerprint density at radius 3 is 3.05 bits per heavy atom. The Morgan fingerprint density at radius 2 is 2.26 bits per heavy atom. The zero-order valence-electron chi connectivity index (χ0n) is 11.3. The Balaban J connectivity index is 1.95. The first-order chi connectivity index (χ1) is 9.29. The predicted molar refractivity (Wildman–Crippen MR) is 80.0 cm³/mol. The smallest absolute Gasteiger partial charge is 0.104 e. The third-order valence-electron chi connectivity index (χ3n) is 3.69. The van der Waals surface area contributed by atoms with Crippen molar-refractivity contribution in [2.45, 2.75) is 18.9 Å². The zero-order chi connectivity index (χ0) is 13.2. The van der Waals surface area contributed by atoms with E-state index in [9.17, 15) is 0 Å². The van der Waals surface area contributed by atoms with Crippen molar-refractivity contribution in [2.24, 2.45) is 0 Å². The summed E-state index contributed by atoms with van der Waals surface area (Å²) < 4.78 is 6.06. The van der Waals surface area contributed by atoms with Crippen LogP contribution in [0.15, 0.2) is 35.7 Å². The molecular weight excluding hydrogens is 254 g/mol. The molecule has 0 radical (unpaired) electrons. The lowest BCUT2D eigenvalue weighted by Gasteiger charge is -2.29. The molecule has 1 aromatic carbocycles. The number of hydrogen-bond donors (Lipinski definition) is 1. The second-order valence-corrected chi connectivity index (χ2v) is 6.03. The fraction of sp³-hybridized carbons (Fsp3) is 0.375. The topological polar surface area (TPSA) is 21.3 Å². The third-order valence-corrected chi connectivity index (χ3v) is 4.72. The quantitative estimate of drug-likeness (QED) is 0.924. The van der Waals surface area contributed by atoms with E-state index in [0.717, 1.165) is 13.2 Å². The van der Waals surface area contributed by atoms with Crippen LogP contribution in [0.3, 0.4) is 0 Å². The molecule has 0 unspecified atom stereocenters. The van der Waals surface area contributed by atoms with Gasteiger partial charge in [0.05, 0.1) is 6.61 Å². The molecule has 1 aliphatic heterocycles. The van der Waals surface area contributed by atoms with Crippen molar-refractivity contribution >= 4 is 11.3 Å². The normalized spacial score (nSPS) is 22.2. The van der Waals surface area contributed by atoms with Crippen LogP contribution in [-0.2, 0) is 4.74 Å². The number of rotatable bonds is 3. The van der Waals surface area contributed by atoms with Crippen molar-refractivity contribution in [3.05, 3.63) is 57.3 Å². The number of benzene rings is 1. The highest BCUT2D eigenvalue weighted by Crippen LogP contribution is 2.40. The molecule has 1 aromatic heterocycles. The monoisotopic (exact) mass is 273 g/mol. The fourth-order valence-corrected chi connectivity index (χ4v) is 3.77. The summed E-state index contributed by atoms with van der Waals surface area (Å²) in [5, 5.41) is 5.40. The van der Waals surface area contributed by atoms with Crippen LogP contribution in [0.5, 0.6) is 0 Å². The molecule has 3 rings (SSSR count). The largest absolute Gasteiger partial charge is 0.370 e. The van der Waals surface area contributed by atoms with E-state index in [0.29, 0.717) is 5.92 Å². The standard InChI is InChI=1S/C16H19NOS/c1-11-4-3-5-12(8-11)14-10-18-15(9-17-2)16-13(14)6-7-19-16/h3-8,14-15,17H,9-10H2,1-2H3/t14-,15-/m1/s1. The molecule has 2 nitrogen and oxygen atoms in total. The van der Waals surface area contributed by atoms with Gasteiger partial charge in [0.25, 0.3) is 0 Å². The number of aryl methyl sites for hydroxylation is 1. The van der Waals surface area contributed by atoms with Crippen molar-refractivity contribution < 1.29 is 4.74 Å². The van der Waals surface area contributed by atoms with E-state index >= 15 is 0 Å². The summed E-state index contributed by atoms with van der Waals surface area (Å²) in [5.41, 5.74) is 4.12. The number of thiophene rings is 1. The number of fused-ring (bicyclic) bond motifs is 1. The van der Waals surface area contributed by atoms with Gasteiger partial charge in [0.2, 0.25) is 0 Å². The van der Waals surface area contributed by atoms with Crippen LogP contribution >= 0.6 is 11.3 Å². The molecule has 100 valence electrons. The lowest BCUT2D eigenvalue weighted by molar-refractivity contribution is 0.0383. The maximum atomic E-state index is 6.06. The summed E-state index contributed by atoms with van der Waals surface area (Å²) in [6.45, 7) is 3.80. The highest BCUT2D eigenvalue weighted by Gasteiger charge is 2.29. The molecule has 3 heteroatoms. The van der Waals surface area contributed by atoms with Gasteiger partial charge in [-0.05, 0) is 36.5 Å². The van der Waals surface area contributed by atoms with Crippen LogP contribution in [0.4, 0.5) is 0 Å². The Bertz CT molecular complexity index is 563. The van der Waals surface area contributed by atoms with Gasteiger partial charge in [-0.15, -0.1) is 11.3 Å². The van der Waals surface area contributed by atoms with E-state index < -0.39 is 0 Å². The molecule has 0 spiro atoms. The lowest BCUT2D eigenvalue weighted by atomic mass is 9.89. The van der Waals surface area contributed by atoms with Gasteiger partial charge in [-0.2, -0.15) is 0 Å². The number of hydrogen-bond acceptors (Lipinski definition) is 3. The number of nitrogens with one attached hydrogen (secondary N) is 1. The fourth-order valence-electron chi connectivity index (χ4n) is 2.76. The molecule has 1 N–H and O–H groups in total. The van der Waals surface area contributed by atoms with E-state index in [1.165, 1.54) is 21.6 Å². The van der Waals surface area contributed by atoms with Crippen molar-refractivity contribution in [1.29, 1.82) is 0 Å². The maximum absolute atomic E-state index is 6.06. The van der Waals surface area contributed by atoms with Crippen LogP contribution in [0.2, 0.25) is 0 Å². The van der Waals surface area contributed by atoms with Crippen LogP contribution < -0.4 is 5.32 Å². The highest BCUT2D eigenvalue weighted by atomic mass is 32.1. The van der Waals surface area contributed by atoms with E-state index in [1.54, 1.807) is 0 Å². The van der Waals surface area contributed by atoms with E-state index in [-0.39, 0.29) is 6.10 Å². The van der Waals surface area contributed by atoms with Crippen LogP contribution in [0.25, 0.3) is 0 Å². The van der Waals surface area contributed by atoms with Gasteiger partial charge < -0.3 is 10.1 Å². The molecule has 1 aliphatic rings. The molecular formula is C16H19NOS. The predicted octanol–water partition coefficient (Wildman–Crippen LogP) is 3.48. The average Bonchev–Trinajstić information content (AvgIpc) is 2.89. The Hall–Kier alpha value is -1.16. The Morgan fingerprint density at radius 1 is 1.37 bits per heavy atom. The van der Waals surface area contributed by atoms with Crippen molar-refractivity contribution in [3.8, 4) is 0 Å². The molecule has 19 heavy (non-hydrogen) atoms. The van der Waals surface area contributed by atoms with E-state index in [2.05, 4.69) is 48.0 Å². The first-order valence-corrected chi connectivity index (χ1v) is 7.57. The molecule has 2 atom stereocenters. The van der Waals surface area contributed by atoms with Gasteiger partial charge in [-0.1, -0.05) is 29.8 Å². The van der Waals surface area contributed by atoms with Crippen LogP contribution in [0, 0.1) is 6.92 Å². The third kappa shape index (κ3) is 2.46. The Labute approximate surface area is 118 Å². The molecule has 0 amide bonds. The molecule has 0 bridgehead atoms. The number of ether oxygens (including phenoxy) is 1. The van der Waals surface area contributed by atoms with Crippen molar-refractivity contribution in [1.82, 2.24) is 5.32 Å². The summed E-state index contributed by atoms with van der Waals surface area (Å²) in [6.07, 6.45) is 0.209. The molecule has 2 heterocycles. The van der Waals surface area contributed by atoms with Gasteiger partial charge in [-0.3, -0.25) is 0 Å². The Kier molecular flexibility index (Phi) is 3.69. The number of likely N-dealkylation sites (N-methyl/N-ethyl adjacent to an activating group) is 1. The molecule has 0 fully saturated rings. The van der Waals surface area contributed by atoms with Gasteiger partial charge >= 0.3 is 0 Å². The lowest BCUT2D eigenvalue weighted by Crippen LogP contribution is -2.26. The SMILES string of the molecule is CNC[C@H]1OC[C@H](c2cccc(C)c2)c2ccsc21. The van der Waals surface area contributed by atoms with Crippen LogP contribution in [0.1, 0.15) is 33.6 Å². The van der Waals surface area contributed by atoms with E-state index in [4.69, 9.17) is 4.74 Å². The minimum atomic E-state index is 0.209. The zero-order valence-corrected chi connectivity index (χ0v) is 12.2. The average molecular weight is 273 g/mol. The van der Waals surface area contributed by atoms with Gasteiger partial charge in [0.1, 0.15) is 6.10 Å². The second kappa shape index (κ2) is 5.45. The van der Waals surface area contributed by atoms with Crippen molar-refractivity contribution in [3.63, 3.8) is 0 Å². The van der Waals surface area contributed by atoms with Gasteiger partial charge in [0.15, 0.2) is 0 Å². The summed E-state index contributed by atoms with van der Waals surface area (Å²) >= 11 is 1.81. The highest BCUT2D eigenvalue weighted by molar-refractivity contribution is 7.10. The summed E-state index contributed by atoms with van der Waals surface area (Å²) in [7, 11) is 1.98. The summed E-state index contributed by atoms with van der Waals surface area (Å²) in [6, 6.07) is 11.0.